The zero-order chi connectivity index (χ0) is 14.9. The minimum atomic E-state index is -4.41. The first kappa shape index (κ1) is 14.8. The van der Waals surface area contributed by atoms with E-state index in [9.17, 15) is 21.6 Å². The molecule has 0 saturated heterocycles. The van der Waals surface area contributed by atoms with Gasteiger partial charge in [0, 0.05) is 6.20 Å². The van der Waals surface area contributed by atoms with Gasteiger partial charge in [-0.2, -0.15) is 0 Å². The van der Waals surface area contributed by atoms with Crippen LogP contribution in [0.4, 0.5) is 18.9 Å². The summed E-state index contributed by atoms with van der Waals surface area (Å²) in [4.78, 5) is 2.78. The lowest BCUT2D eigenvalue weighted by Crippen LogP contribution is -2.16. The molecule has 0 bridgehead atoms. The van der Waals surface area contributed by atoms with E-state index in [2.05, 4.69) is 20.9 Å². The fraction of sp³-hybridized carbons (Fsp3) is 0. The molecular weight excluding hydrogens is 361 g/mol. The Bertz CT molecular complexity index is 768. The van der Waals surface area contributed by atoms with Crippen LogP contribution in [0.3, 0.4) is 0 Å². The molecule has 1 aromatic heterocycles. The average Bonchev–Trinajstić information content (AvgIpc) is 2.38. The van der Waals surface area contributed by atoms with Crippen molar-refractivity contribution in [1.29, 1.82) is 0 Å². The van der Waals surface area contributed by atoms with Crippen molar-refractivity contribution in [1.82, 2.24) is 4.98 Å². The van der Waals surface area contributed by atoms with Gasteiger partial charge in [0.15, 0.2) is 17.5 Å². The maximum absolute atomic E-state index is 13.5. The second kappa shape index (κ2) is 5.41. The van der Waals surface area contributed by atoms with E-state index in [4.69, 9.17) is 0 Å². The number of aromatic nitrogens is 1. The van der Waals surface area contributed by atoms with E-state index in [1.165, 1.54) is 18.3 Å². The quantitative estimate of drug-likeness (QED) is 0.670. The Morgan fingerprint density at radius 2 is 1.80 bits per heavy atom. The van der Waals surface area contributed by atoms with Crippen LogP contribution >= 0.6 is 15.9 Å². The Kier molecular flexibility index (Phi) is 4.00. The number of nitrogens with one attached hydrogen (secondary N) is 1. The molecule has 1 heterocycles. The molecule has 20 heavy (non-hydrogen) atoms. The molecule has 4 nitrogen and oxygen atoms in total. The summed E-state index contributed by atoms with van der Waals surface area (Å²) in [6, 6.07) is 3.99. The summed E-state index contributed by atoms with van der Waals surface area (Å²) in [7, 11) is -4.41. The predicted molar refractivity (Wildman–Crippen MR) is 69.1 cm³/mol. The topological polar surface area (TPSA) is 59.1 Å². The van der Waals surface area contributed by atoms with E-state index in [-0.39, 0.29) is 10.3 Å². The molecule has 2 aromatic rings. The molecule has 0 saturated carbocycles. The van der Waals surface area contributed by atoms with E-state index in [0.717, 1.165) is 0 Å². The standard InChI is InChI=1S/C11H6BrF3N2O2S/c12-11-7(2-1-5-16-11)17-20(18,19)8-4-3-6(13)9(14)10(8)15/h1-5,17H. The summed E-state index contributed by atoms with van der Waals surface area (Å²) in [5, 5.41) is 0. The molecule has 1 N–H and O–H groups in total. The average molecular weight is 367 g/mol. The maximum Gasteiger partial charge on any atom is 0.265 e. The Balaban J connectivity index is 2.47. The monoisotopic (exact) mass is 366 g/mol. The van der Waals surface area contributed by atoms with E-state index in [1.54, 1.807) is 0 Å². The lowest BCUT2D eigenvalue weighted by atomic mass is 10.3. The minimum Gasteiger partial charge on any atom is -0.277 e. The molecule has 0 unspecified atom stereocenters. The second-order valence-corrected chi connectivity index (χ2v) is 6.02. The Morgan fingerprint density at radius 3 is 2.45 bits per heavy atom. The Morgan fingerprint density at radius 1 is 1.10 bits per heavy atom. The summed E-state index contributed by atoms with van der Waals surface area (Å²) in [6.45, 7) is 0. The highest BCUT2D eigenvalue weighted by atomic mass is 79.9. The van der Waals surface area contributed by atoms with Gasteiger partial charge in [0.25, 0.3) is 10.0 Å². The smallest absolute Gasteiger partial charge is 0.265 e. The van der Waals surface area contributed by atoms with E-state index in [1.807, 2.05) is 4.72 Å². The molecule has 1 aromatic carbocycles. The van der Waals surface area contributed by atoms with Gasteiger partial charge in [0.05, 0.1) is 5.69 Å². The molecular formula is C11H6BrF3N2O2S. The van der Waals surface area contributed by atoms with Crippen molar-refractivity contribution < 1.29 is 21.6 Å². The minimum absolute atomic E-state index is 0.0385. The fourth-order valence-electron chi connectivity index (χ4n) is 1.38. The van der Waals surface area contributed by atoms with Crippen molar-refractivity contribution >= 4 is 31.6 Å². The zero-order valence-electron chi connectivity index (χ0n) is 9.57. The SMILES string of the molecule is O=S(=O)(Nc1cccnc1Br)c1ccc(F)c(F)c1F. The number of sulfonamides is 1. The number of pyridine rings is 1. The van der Waals surface area contributed by atoms with Crippen molar-refractivity contribution in [2.24, 2.45) is 0 Å². The summed E-state index contributed by atoms with van der Waals surface area (Å²) in [6.07, 6.45) is 1.40. The normalized spacial score (nSPS) is 11.4. The molecule has 106 valence electrons. The third kappa shape index (κ3) is 2.78. The van der Waals surface area contributed by atoms with Gasteiger partial charge in [-0.05, 0) is 40.2 Å². The lowest BCUT2D eigenvalue weighted by Gasteiger charge is -2.10. The third-order valence-corrected chi connectivity index (χ3v) is 4.31. The molecule has 0 aliphatic carbocycles. The van der Waals surface area contributed by atoms with Crippen LogP contribution in [-0.2, 0) is 10.0 Å². The summed E-state index contributed by atoms with van der Waals surface area (Å²) in [5.41, 5.74) is 0.0385. The number of rotatable bonds is 3. The molecule has 0 aliphatic heterocycles. The highest BCUT2D eigenvalue weighted by Crippen LogP contribution is 2.25. The Hall–Kier alpha value is -1.61. The van der Waals surface area contributed by atoms with Crippen molar-refractivity contribution in [2.75, 3.05) is 4.72 Å². The van der Waals surface area contributed by atoms with Crippen molar-refractivity contribution in [2.45, 2.75) is 4.90 Å². The van der Waals surface area contributed by atoms with Crippen LogP contribution in [0.25, 0.3) is 0 Å². The van der Waals surface area contributed by atoms with Gasteiger partial charge in [-0.25, -0.2) is 26.6 Å². The highest BCUT2D eigenvalue weighted by Gasteiger charge is 2.24. The molecule has 0 amide bonds. The molecule has 0 atom stereocenters. The maximum atomic E-state index is 13.5. The van der Waals surface area contributed by atoms with Crippen LogP contribution in [0.5, 0.6) is 0 Å². The molecule has 0 radical (unpaired) electrons. The first-order valence-corrected chi connectivity index (χ1v) is 7.37. The van der Waals surface area contributed by atoms with Gasteiger partial charge in [-0.3, -0.25) is 4.72 Å². The summed E-state index contributed by atoms with van der Waals surface area (Å²) >= 11 is 3.00. The highest BCUT2D eigenvalue weighted by molar-refractivity contribution is 9.10. The summed E-state index contributed by atoms with van der Waals surface area (Å²) in [5.74, 6) is -5.10. The fourth-order valence-corrected chi connectivity index (χ4v) is 3.00. The van der Waals surface area contributed by atoms with Crippen LogP contribution in [0.15, 0.2) is 40.0 Å². The van der Waals surface area contributed by atoms with Crippen LogP contribution in [0.1, 0.15) is 0 Å². The molecule has 0 aliphatic rings. The first-order valence-electron chi connectivity index (χ1n) is 5.10. The molecule has 2 rings (SSSR count). The zero-order valence-corrected chi connectivity index (χ0v) is 12.0. The van der Waals surface area contributed by atoms with Crippen LogP contribution in [0, 0.1) is 17.5 Å². The first-order chi connectivity index (χ1) is 9.33. The number of halogens is 4. The molecule has 0 fully saturated rings. The molecule has 0 spiro atoms. The Labute approximate surface area is 120 Å². The van der Waals surface area contributed by atoms with Crippen molar-refractivity contribution in [3.8, 4) is 0 Å². The predicted octanol–water partition coefficient (Wildman–Crippen LogP) is 3.06. The number of hydrogen-bond donors (Lipinski definition) is 1. The second-order valence-electron chi connectivity index (χ2n) is 3.62. The van der Waals surface area contributed by atoms with Crippen LogP contribution in [-0.4, -0.2) is 13.4 Å². The van der Waals surface area contributed by atoms with Crippen LogP contribution in [0.2, 0.25) is 0 Å². The van der Waals surface area contributed by atoms with Crippen molar-refractivity contribution in [3.05, 3.63) is 52.5 Å². The number of nitrogens with zero attached hydrogens (tertiary/aromatic N) is 1. The largest absolute Gasteiger partial charge is 0.277 e. The van der Waals surface area contributed by atoms with Gasteiger partial charge >= 0.3 is 0 Å². The van der Waals surface area contributed by atoms with Gasteiger partial charge in [0.2, 0.25) is 0 Å². The van der Waals surface area contributed by atoms with Gasteiger partial charge in [0.1, 0.15) is 9.50 Å². The van der Waals surface area contributed by atoms with Crippen molar-refractivity contribution in [3.63, 3.8) is 0 Å². The van der Waals surface area contributed by atoms with Gasteiger partial charge < -0.3 is 0 Å². The van der Waals surface area contributed by atoms with Crippen LogP contribution < -0.4 is 4.72 Å². The van der Waals surface area contributed by atoms with Gasteiger partial charge in [-0.1, -0.05) is 0 Å². The summed E-state index contributed by atoms with van der Waals surface area (Å²) < 4.78 is 65.5. The third-order valence-electron chi connectivity index (χ3n) is 2.29. The molecule has 9 heteroatoms. The van der Waals surface area contributed by atoms with E-state index < -0.39 is 32.4 Å². The van der Waals surface area contributed by atoms with Gasteiger partial charge in [-0.15, -0.1) is 0 Å². The number of benzene rings is 1. The number of anilines is 1. The number of hydrogen-bond acceptors (Lipinski definition) is 3. The van der Waals surface area contributed by atoms with E-state index in [0.29, 0.717) is 12.1 Å². The lowest BCUT2D eigenvalue weighted by molar-refractivity contribution is 0.432. The van der Waals surface area contributed by atoms with E-state index >= 15 is 0 Å².